The van der Waals surface area contributed by atoms with E-state index in [-0.39, 0.29) is 29.5 Å². The van der Waals surface area contributed by atoms with Crippen LogP contribution in [-0.4, -0.2) is 6.36 Å². The van der Waals surface area contributed by atoms with Crippen molar-refractivity contribution in [3.8, 4) is 16.9 Å². The van der Waals surface area contributed by atoms with Crippen molar-refractivity contribution >= 4 is 0 Å². The van der Waals surface area contributed by atoms with E-state index in [2.05, 4.69) is 4.74 Å². The van der Waals surface area contributed by atoms with Crippen LogP contribution in [0.3, 0.4) is 0 Å². The van der Waals surface area contributed by atoms with E-state index >= 15 is 8.78 Å². The molecule has 3 aromatic carbocycles. The van der Waals surface area contributed by atoms with E-state index in [0.29, 0.717) is 12.0 Å². The second-order valence-electron chi connectivity index (χ2n) is 8.75. The smallest absolute Gasteiger partial charge is 0.406 e. The lowest BCUT2D eigenvalue weighted by atomic mass is 9.78. The Hall–Kier alpha value is -3.03. The van der Waals surface area contributed by atoms with E-state index in [9.17, 15) is 22.0 Å². The Morgan fingerprint density at radius 1 is 0.886 bits per heavy atom. The van der Waals surface area contributed by atoms with E-state index in [1.165, 1.54) is 6.07 Å². The number of benzene rings is 3. The highest BCUT2D eigenvalue weighted by molar-refractivity contribution is 5.68. The number of alkyl halides is 3. The van der Waals surface area contributed by atoms with Crippen molar-refractivity contribution in [2.45, 2.75) is 57.7 Å². The van der Waals surface area contributed by atoms with Crippen molar-refractivity contribution in [2.24, 2.45) is 0 Å². The molecule has 0 saturated carbocycles. The van der Waals surface area contributed by atoms with Crippen LogP contribution in [0.25, 0.3) is 11.1 Å². The SMILES string of the molecule is CCCCc1ccc(C2CCc3c(F)c(-c4ccc(OC(F)(F)F)cc4)c(F)c(F)c3C2)c(F)c1. The number of hydrogen-bond donors (Lipinski definition) is 0. The van der Waals surface area contributed by atoms with E-state index in [4.69, 9.17) is 0 Å². The average molecular weight is 496 g/mol. The Balaban J connectivity index is 1.63. The van der Waals surface area contributed by atoms with Gasteiger partial charge in [0.05, 0.1) is 5.56 Å². The zero-order chi connectivity index (χ0) is 25.3. The molecule has 0 aromatic heterocycles. The van der Waals surface area contributed by atoms with Crippen molar-refractivity contribution in [1.82, 2.24) is 0 Å². The average Bonchev–Trinajstić information content (AvgIpc) is 2.81. The lowest BCUT2D eigenvalue weighted by Gasteiger charge is -2.27. The first-order chi connectivity index (χ1) is 16.6. The molecule has 0 fully saturated rings. The molecule has 1 atom stereocenters. The normalized spacial score (nSPS) is 15.7. The van der Waals surface area contributed by atoms with Crippen LogP contribution in [0.4, 0.5) is 30.7 Å². The fourth-order valence-electron chi connectivity index (χ4n) is 4.68. The Kier molecular flexibility index (Phi) is 7.10. The number of fused-ring (bicyclic) bond motifs is 1. The summed E-state index contributed by atoms with van der Waals surface area (Å²) in [6, 6.07) is 8.85. The van der Waals surface area contributed by atoms with Gasteiger partial charge in [0.2, 0.25) is 0 Å². The maximum absolute atomic E-state index is 15.3. The molecule has 35 heavy (non-hydrogen) atoms. The number of halogens is 7. The lowest BCUT2D eigenvalue weighted by molar-refractivity contribution is -0.274. The molecule has 0 amide bonds. The fraction of sp³-hybridized carbons (Fsp3) is 0.333. The van der Waals surface area contributed by atoms with Crippen LogP contribution in [0.5, 0.6) is 5.75 Å². The summed E-state index contributed by atoms with van der Waals surface area (Å²) in [5.74, 6) is -5.02. The summed E-state index contributed by atoms with van der Waals surface area (Å²) in [4.78, 5) is 0. The first-order valence-electron chi connectivity index (χ1n) is 11.4. The third-order valence-electron chi connectivity index (χ3n) is 6.42. The first kappa shape index (κ1) is 25.1. The topological polar surface area (TPSA) is 9.23 Å². The summed E-state index contributed by atoms with van der Waals surface area (Å²) in [6.07, 6.45) is -1.90. The molecule has 0 aliphatic heterocycles. The van der Waals surface area contributed by atoms with Gasteiger partial charge in [0.25, 0.3) is 0 Å². The third-order valence-corrected chi connectivity index (χ3v) is 6.42. The highest BCUT2D eigenvalue weighted by Crippen LogP contribution is 2.41. The fourth-order valence-corrected chi connectivity index (χ4v) is 4.68. The van der Waals surface area contributed by atoms with Gasteiger partial charge < -0.3 is 4.74 Å². The lowest BCUT2D eigenvalue weighted by Crippen LogP contribution is -2.19. The Labute approximate surface area is 198 Å². The predicted molar refractivity (Wildman–Crippen MR) is 118 cm³/mol. The van der Waals surface area contributed by atoms with Gasteiger partial charge in [-0.3, -0.25) is 0 Å². The van der Waals surface area contributed by atoms with E-state index in [0.717, 1.165) is 49.1 Å². The van der Waals surface area contributed by atoms with Crippen molar-refractivity contribution < 1.29 is 35.5 Å². The summed E-state index contributed by atoms with van der Waals surface area (Å²) in [5, 5.41) is 0. The monoisotopic (exact) mass is 496 g/mol. The highest BCUT2D eigenvalue weighted by atomic mass is 19.4. The summed E-state index contributed by atoms with van der Waals surface area (Å²) in [7, 11) is 0. The molecule has 0 N–H and O–H groups in total. The zero-order valence-corrected chi connectivity index (χ0v) is 18.9. The number of ether oxygens (including phenoxy) is 1. The number of aryl methyl sites for hydroxylation is 1. The molecule has 0 heterocycles. The molecule has 0 spiro atoms. The second-order valence-corrected chi connectivity index (χ2v) is 8.75. The minimum atomic E-state index is -4.91. The van der Waals surface area contributed by atoms with Crippen LogP contribution in [0.2, 0.25) is 0 Å². The van der Waals surface area contributed by atoms with Gasteiger partial charge in [0.15, 0.2) is 11.6 Å². The van der Waals surface area contributed by atoms with Crippen LogP contribution in [0.1, 0.15) is 54.4 Å². The van der Waals surface area contributed by atoms with Crippen molar-refractivity contribution in [1.29, 1.82) is 0 Å². The molecule has 186 valence electrons. The predicted octanol–water partition coefficient (Wildman–Crippen LogP) is 8.42. The number of unbranched alkanes of at least 4 members (excludes halogenated alkanes) is 1. The maximum Gasteiger partial charge on any atom is 0.573 e. The molecule has 0 bridgehead atoms. The molecular formula is C27H23F7O. The van der Waals surface area contributed by atoms with Gasteiger partial charge in [-0.05, 0) is 84.0 Å². The van der Waals surface area contributed by atoms with Gasteiger partial charge in [-0.25, -0.2) is 17.6 Å². The van der Waals surface area contributed by atoms with Crippen LogP contribution in [0, 0.1) is 23.3 Å². The summed E-state index contributed by atoms with van der Waals surface area (Å²) in [6.45, 7) is 2.04. The summed E-state index contributed by atoms with van der Waals surface area (Å²) in [5.41, 5.74) is 0.360. The maximum atomic E-state index is 15.3. The molecule has 0 saturated heterocycles. The molecule has 8 heteroatoms. The molecule has 3 aromatic rings. The van der Waals surface area contributed by atoms with Crippen LogP contribution < -0.4 is 4.74 Å². The summed E-state index contributed by atoms with van der Waals surface area (Å²) < 4.78 is 101. The molecule has 1 aliphatic rings. The van der Waals surface area contributed by atoms with Gasteiger partial charge in [-0.2, -0.15) is 0 Å². The van der Waals surface area contributed by atoms with Crippen LogP contribution in [0.15, 0.2) is 42.5 Å². The van der Waals surface area contributed by atoms with Crippen molar-refractivity contribution in [3.05, 3.63) is 88.0 Å². The van der Waals surface area contributed by atoms with Gasteiger partial charge in [0, 0.05) is 0 Å². The molecule has 0 radical (unpaired) electrons. The molecule has 1 unspecified atom stereocenters. The highest BCUT2D eigenvalue weighted by Gasteiger charge is 2.33. The van der Waals surface area contributed by atoms with Gasteiger partial charge in [-0.1, -0.05) is 37.6 Å². The Morgan fingerprint density at radius 3 is 2.23 bits per heavy atom. The summed E-state index contributed by atoms with van der Waals surface area (Å²) >= 11 is 0. The second kappa shape index (κ2) is 9.91. The standard InChI is InChI=1S/C27H23F7O/c1-2-3-4-15-5-11-19(22(28)13-15)17-8-12-20-21(14-17)25(30)26(31)23(24(20)29)16-6-9-18(10-7-16)35-27(32,33)34/h5-7,9-11,13,17H,2-4,8,12,14H2,1H3. The van der Waals surface area contributed by atoms with E-state index < -0.39 is 46.9 Å². The quantitative estimate of drug-likeness (QED) is 0.246. The van der Waals surface area contributed by atoms with E-state index in [1.807, 2.05) is 13.0 Å². The largest absolute Gasteiger partial charge is 0.573 e. The van der Waals surface area contributed by atoms with Gasteiger partial charge in [0.1, 0.15) is 17.4 Å². The first-order valence-corrected chi connectivity index (χ1v) is 11.4. The Morgan fingerprint density at radius 2 is 1.60 bits per heavy atom. The van der Waals surface area contributed by atoms with E-state index in [1.54, 1.807) is 6.07 Å². The molecular weight excluding hydrogens is 473 g/mol. The van der Waals surface area contributed by atoms with Crippen molar-refractivity contribution in [3.63, 3.8) is 0 Å². The van der Waals surface area contributed by atoms with Crippen LogP contribution in [-0.2, 0) is 19.3 Å². The molecule has 4 rings (SSSR count). The third kappa shape index (κ3) is 5.31. The van der Waals surface area contributed by atoms with Gasteiger partial charge >= 0.3 is 6.36 Å². The zero-order valence-electron chi connectivity index (χ0n) is 18.9. The van der Waals surface area contributed by atoms with Crippen molar-refractivity contribution in [2.75, 3.05) is 0 Å². The Bertz CT molecular complexity index is 1220. The number of rotatable bonds is 6. The van der Waals surface area contributed by atoms with Crippen LogP contribution >= 0.6 is 0 Å². The molecule has 1 aliphatic carbocycles. The minimum Gasteiger partial charge on any atom is -0.406 e. The number of hydrogen-bond acceptors (Lipinski definition) is 1. The van der Waals surface area contributed by atoms with Gasteiger partial charge in [-0.15, -0.1) is 13.2 Å². The molecule has 1 nitrogen and oxygen atoms in total. The minimum absolute atomic E-state index is 0.00532.